The second-order valence-electron chi connectivity index (χ2n) is 2.21. The van der Waals surface area contributed by atoms with Crippen molar-refractivity contribution < 1.29 is 0 Å². The predicted octanol–water partition coefficient (Wildman–Crippen LogP) is 1.99. The molecule has 0 saturated heterocycles. The lowest BCUT2D eigenvalue weighted by atomic mass is 10.1. The largest absolute Gasteiger partial charge is 0.159 e. The third kappa shape index (κ3) is 1.34. The van der Waals surface area contributed by atoms with Gasteiger partial charge in [-0.3, -0.25) is 0 Å². The van der Waals surface area contributed by atoms with Crippen LogP contribution in [0.5, 0.6) is 0 Å². The molecular formula is C7H9BrN2. The minimum atomic E-state index is 0.856. The number of aromatic nitrogens is 2. The van der Waals surface area contributed by atoms with Gasteiger partial charge in [-0.2, -0.15) is 10.2 Å². The molecule has 2 nitrogen and oxygen atoms in total. The van der Waals surface area contributed by atoms with Gasteiger partial charge >= 0.3 is 0 Å². The van der Waals surface area contributed by atoms with E-state index in [2.05, 4.69) is 33.1 Å². The molecule has 1 aromatic heterocycles. The number of aryl methyl sites for hydroxylation is 1. The minimum absolute atomic E-state index is 0.856. The van der Waals surface area contributed by atoms with Crippen molar-refractivity contribution >= 4 is 15.9 Å². The zero-order chi connectivity index (χ0) is 7.56. The van der Waals surface area contributed by atoms with Crippen molar-refractivity contribution in [2.24, 2.45) is 0 Å². The van der Waals surface area contributed by atoms with E-state index in [1.165, 1.54) is 11.1 Å². The predicted molar refractivity (Wildman–Crippen MR) is 44.1 cm³/mol. The van der Waals surface area contributed by atoms with Crippen LogP contribution in [-0.2, 0) is 5.33 Å². The molecule has 0 aliphatic rings. The van der Waals surface area contributed by atoms with Crippen molar-refractivity contribution in [2.75, 3.05) is 0 Å². The summed E-state index contributed by atoms with van der Waals surface area (Å²) < 4.78 is 0. The first kappa shape index (κ1) is 7.66. The molecule has 0 N–H and O–H groups in total. The number of hydrogen-bond acceptors (Lipinski definition) is 2. The Morgan fingerprint density at radius 3 is 2.70 bits per heavy atom. The van der Waals surface area contributed by atoms with E-state index in [0.29, 0.717) is 0 Å². The Kier molecular flexibility index (Phi) is 2.38. The fourth-order valence-corrected chi connectivity index (χ4v) is 1.29. The first-order valence-corrected chi connectivity index (χ1v) is 4.21. The van der Waals surface area contributed by atoms with Crippen molar-refractivity contribution in [3.05, 3.63) is 23.0 Å². The van der Waals surface area contributed by atoms with Gasteiger partial charge in [0, 0.05) is 5.33 Å². The summed E-state index contributed by atoms with van der Waals surface area (Å²) in [5.74, 6) is 0. The molecule has 0 radical (unpaired) electrons. The van der Waals surface area contributed by atoms with E-state index in [-0.39, 0.29) is 0 Å². The van der Waals surface area contributed by atoms with Crippen LogP contribution in [0.15, 0.2) is 6.20 Å². The van der Waals surface area contributed by atoms with Crippen molar-refractivity contribution in [1.82, 2.24) is 10.2 Å². The molecule has 10 heavy (non-hydrogen) atoms. The summed E-state index contributed by atoms with van der Waals surface area (Å²) in [6.45, 7) is 4.02. The molecule has 0 saturated carbocycles. The fourth-order valence-electron chi connectivity index (χ4n) is 0.724. The van der Waals surface area contributed by atoms with Gasteiger partial charge in [0.2, 0.25) is 0 Å². The first-order chi connectivity index (χ1) is 4.75. The molecule has 0 bridgehead atoms. The molecule has 0 atom stereocenters. The van der Waals surface area contributed by atoms with Crippen LogP contribution in [0.25, 0.3) is 0 Å². The van der Waals surface area contributed by atoms with Crippen molar-refractivity contribution in [2.45, 2.75) is 19.2 Å². The van der Waals surface area contributed by atoms with Gasteiger partial charge in [-0.25, -0.2) is 0 Å². The van der Waals surface area contributed by atoms with Crippen LogP contribution < -0.4 is 0 Å². The van der Waals surface area contributed by atoms with E-state index >= 15 is 0 Å². The van der Waals surface area contributed by atoms with Crippen molar-refractivity contribution in [3.63, 3.8) is 0 Å². The topological polar surface area (TPSA) is 25.8 Å². The Labute approximate surface area is 68.8 Å². The molecular weight excluding hydrogens is 192 g/mol. The average molecular weight is 201 g/mol. The molecule has 1 rings (SSSR count). The fraction of sp³-hybridized carbons (Fsp3) is 0.429. The van der Waals surface area contributed by atoms with Crippen molar-refractivity contribution in [1.29, 1.82) is 0 Å². The van der Waals surface area contributed by atoms with Crippen LogP contribution in [-0.4, -0.2) is 10.2 Å². The van der Waals surface area contributed by atoms with Gasteiger partial charge in [-0.05, 0) is 25.0 Å². The van der Waals surface area contributed by atoms with Gasteiger partial charge in [0.25, 0.3) is 0 Å². The number of rotatable bonds is 1. The number of hydrogen-bond donors (Lipinski definition) is 0. The summed E-state index contributed by atoms with van der Waals surface area (Å²) in [7, 11) is 0. The lowest BCUT2D eigenvalue weighted by molar-refractivity contribution is 0.942. The molecule has 0 aliphatic heterocycles. The summed E-state index contributed by atoms with van der Waals surface area (Å²) >= 11 is 3.37. The van der Waals surface area contributed by atoms with Crippen molar-refractivity contribution in [3.8, 4) is 0 Å². The highest BCUT2D eigenvalue weighted by Gasteiger charge is 1.99. The van der Waals surface area contributed by atoms with Crippen LogP contribution in [0.3, 0.4) is 0 Å². The maximum Gasteiger partial charge on any atom is 0.0632 e. The monoisotopic (exact) mass is 200 g/mol. The average Bonchev–Trinajstić information content (AvgIpc) is 1.95. The molecule has 54 valence electrons. The van der Waals surface area contributed by atoms with Crippen LogP contribution in [0, 0.1) is 13.8 Å². The highest BCUT2D eigenvalue weighted by atomic mass is 79.9. The molecule has 0 unspecified atom stereocenters. The zero-order valence-corrected chi connectivity index (χ0v) is 7.64. The van der Waals surface area contributed by atoms with Gasteiger partial charge in [0.05, 0.1) is 11.9 Å². The highest BCUT2D eigenvalue weighted by molar-refractivity contribution is 9.08. The summed E-state index contributed by atoms with van der Waals surface area (Å²) in [4.78, 5) is 0. The van der Waals surface area contributed by atoms with E-state index in [1.807, 2.05) is 6.92 Å². The zero-order valence-electron chi connectivity index (χ0n) is 6.06. The van der Waals surface area contributed by atoms with Gasteiger partial charge in [-0.1, -0.05) is 15.9 Å². The molecule has 0 aromatic carbocycles. The van der Waals surface area contributed by atoms with E-state index < -0.39 is 0 Å². The van der Waals surface area contributed by atoms with Crippen LogP contribution in [0.2, 0.25) is 0 Å². The molecule has 0 spiro atoms. The van der Waals surface area contributed by atoms with Crippen LogP contribution in [0.1, 0.15) is 16.8 Å². The van der Waals surface area contributed by atoms with E-state index in [9.17, 15) is 0 Å². The summed E-state index contributed by atoms with van der Waals surface area (Å²) in [6.07, 6.45) is 1.79. The summed E-state index contributed by atoms with van der Waals surface area (Å²) in [5, 5.41) is 8.61. The lowest BCUT2D eigenvalue weighted by Gasteiger charge is -2.01. The second-order valence-corrected chi connectivity index (χ2v) is 2.77. The SMILES string of the molecule is Cc1nncc(CBr)c1C. The molecule has 0 amide bonds. The Morgan fingerprint density at radius 1 is 1.50 bits per heavy atom. The first-order valence-electron chi connectivity index (χ1n) is 3.09. The molecule has 1 heterocycles. The van der Waals surface area contributed by atoms with Gasteiger partial charge in [0.15, 0.2) is 0 Å². The maximum absolute atomic E-state index is 3.92. The lowest BCUT2D eigenvalue weighted by Crippen LogP contribution is -1.94. The Bertz CT molecular complexity index is 235. The number of alkyl halides is 1. The van der Waals surface area contributed by atoms with E-state index in [1.54, 1.807) is 6.20 Å². The normalized spacial score (nSPS) is 9.90. The van der Waals surface area contributed by atoms with Crippen LogP contribution >= 0.6 is 15.9 Å². The highest BCUT2D eigenvalue weighted by Crippen LogP contribution is 2.11. The Morgan fingerprint density at radius 2 is 2.20 bits per heavy atom. The number of halogens is 1. The molecule has 3 heteroatoms. The second kappa shape index (κ2) is 3.10. The molecule has 0 fully saturated rings. The third-order valence-corrected chi connectivity index (χ3v) is 2.19. The quantitative estimate of drug-likeness (QED) is 0.649. The van der Waals surface area contributed by atoms with Gasteiger partial charge < -0.3 is 0 Å². The number of nitrogens with zero attached hydrogens (tertiary/aromatic N) is 2. The van der Waals surface area contributed by atoms with Gasteiger partial charge in [-0.15, -0.1) is 0 Å². The van der Waals surface area contributed by atoms with E-state index in [0.717, 1.165) is 11.0 Å². The summed E-state index contributed by atoms with van der Waals surface area (Å²) in [6, 6.07) is 0. The Hall–Kier alpha value is -0.440. The maximum atomic E-state index is 3.92. The third-order valence-electron chi connectivity index (χ3n) is 1.59. The van der Waals surface area contributed by atoms with Crippen LogP contribution in [0.4, 0.5) is 0 Å². The van der Waals surface area contributed by atoms with Gasteiger partial charge in [0.1, 0.15) is 0 Å². The standard InChI is InChI=1S/C7H9BrN2/c1-5-6(2)10-9-4-7(5)3-8/h4H,3H2,1-2H3. The smallest absolute Gasteiger partial charge is 0.0632 e. The minimum Gasteiger partial charge on any atom is -0.159 e. The summed E-state index contributed by atoms with van der Waals surface area (Å²) in [5.41, 5.74) is 3.45. The molecule has 0 aliphatic carbocycles. The Balaban J connectivity index is 3.14. The van der Waals surface area contributed by atoms with E-state index in [4.69, 9.17) is 0 Å². The molecule has 1 aromatic rings.